The van der Waals surface area contributed by atoms with Gasteiger partial charge in [0, 0.05) is 0 Å². The van der Waals surface area contributed by atoms with Crippen LogP contribution >= 0.6 is 0 Å². The molecule has 0 saturated heterocycles. The van der Waals surface area contributed by atoms with Crippen molar-refractivity contribution in [2.75, 3.05) is 0 Å². The summed E-state index contributed by atoms with van der Waals surface area (Å²) in [6.07, 6.45) is 0.0926. The Hall–Kier alpha value is -0.720. The van der Waals surface area contributed by atoms with Crippen molar-refractivity contribution in [2.45, 2.75) is 0 Å². The van der Waals surface area contributed by atoms with E-state index in [9.17, 15) is 0 Å². The summed E-state index contributed by atoms with van der Waals surface area (Å²) in [4.78, 5) is 0. The summed E-state index contributed by atoms with van der Waals surface area (Å²) in [5.41, 5.74) is 0. The van der Waals surface area contributed by atoms with Gasteiger partial charge in [0.1, 0.15) is 2.74 Å². The van der Waals surface area contributed by atoms with E-state index in [1.54, 1.807) is 0 Å². The summed E-state index contributed by atoms with van der Waals surface area (Å²) >= 11 is 0. The summed E-state index contributed by atoms with van der Waals surface area (Å²) in [5.74, 6) is 0. The molecule has 0 saturated carbocycles. The number of furan rings is 1. The van der Waals surface area contributed by atoms with Crippen LogP contribution in [0.1, 0.15) is 2.74 Å². The molecule has 1 heteroatoms. The molecule has 0 amide bonds. The van der Waals surface area contributed by atoms with E-state index in [1.807, 2.05) is 0 Å². The van der Waals surface area contributed by atoms with Crippen LogP contribution in [0.25, 0.3) is 0 Å². The Morgan fingerprint density at radius 3 is 2.20 bits per heavy atom. The number of rotatable bonds is 0. The fourth-order valence-electron chi connectivity index (χ4n) is 0.170. The van der Waals surface area contributed by atoms with Gasteiger partial charge in [-0.1, -0.05) is 0 Å². The monoisotopic (exact) mass is 70.0 g/mol. The highest BCUT2D eigenvalue weighted by atomic mass is 16.3. The summed E-state index contributed by atoms with van der Waals surface area (Å²) in [7, 11) is 0. The van der Waals surface area contributed by atoms with E-state index in [1.165, 1.54) is 12.1 Å². The van der Waals surface area contributed by atoms with Crippen molar-refractivity contribution < 1.29 is 7.16 Å². The Kier molecular flexibility index (Phi) is 0.217. The molecule has 0 radical (unpaired) electrons. The van der Waals surface area contributed by atoms with Crippen LogP contribution in [0.15, 0.2) is 29.0 Å². The zero-order valence-corrected chi connectivity index (χ0v) is 2.56. The average Bonchev–Trinajstić information content (AvgIpc) is 1.87. The lowest BCUT2D eigenvalue weighted by molar-refractivity contribution is 0.567. The molecule has 1 rings (SSSR count). The summed E-state index contributed by atoms with van der Waals surface area (Å²) in [5, 5.41) is 0. The molecule has 0 aliphatic rings. The van der Waals surface area contributed by atoms with E-state index in [2.05, 4.69) is 4.42 Å². The third-order valence-corrected chi connectivity index (χ3v) is 0.337. The van der Waals surface area contributed by atoms with Gasteiger partial charge in [-0.25, -0.2) is 0 Å². The van der Waals surface area contributed by atoms with Crippen molar-refractivity contribution in [1.29, 1.82) is 0 Å². The van der Waals surface area contributed by atoms with Gasteiger partial charge in [-0.3, -0.25) is 0 Å². The molecular weight excluding hydrogens is 64.0 g/mol. The van der Waals surface area contributed by atoms with Crippen molar-refractivity contribution >= 4 is 0 Å². The third-order valence-electron chi connectivity index (χ3n) is 0.337. The van der Waals surface area contributed by atoms with Crippen LogP contribution in [-0.4, -0.2) is 0 Å². The largest absolute Gasteiger partial charge is 0.473 e. The predicted octanol–water partition coefficient (Wildman–Crippen LogP) is 1.28. The van der Waals surface area contributed by atoms with Crippen LogP contribution in [0.2, 0.25) is 0 Å². The smallest absolute Gasteiger partial charge is 0.104 e. The highest BCUT2D eigenvalue weighted by molar-refractivity contribution is 4.79. The standard InChI is InChI=1S/C4H4O/c1-2-4-5-3-1/h1-4H/i3D,4D. The molecule has 1 aromatic heterocycles. The van der Waals surface area contributed by atoms with Gasteiger partial charge >= 0.3 is 0 Å². The fraction of sp³-hybridized carbons (Fsp3) is 0. The predicted molar refractivity (Wildman–Crippen MR) is 18.7 cm³/mol. The average molecular weight is 70.1 g/mol. The first-order valence-electron chi connectivity index (χ1n) is 2.32. The molecule has 1 nitrogen and oxygen atoms in total. The lowest BCUT2D eigenvalue weighted by Crippen LogP contribution is -1.16. The van der Waals surface area contributed by atoms with Crippen LogP contribution in [0, 0.1) is 0 Å². The first-order valence-corrected chi connectivity index (χ1v) is 1.32. The van der Waals surface area contributed by atoms with Gasteiger partial charge in [0.25, 0.3) is 0 Å². The molecule has 5 heavy (non-hydrogen) atoms. The Morgan fingerprint density at radius 1 is 1.40 bits per heavy atom. The van der Waals surface area contributed by atoms with Crippen LogP contribution < -0.4 is 0 Å². The molecule has 1 aromatic rings. The van der Waals surface area contributed by atoms with Crippen molar-refractivity contribution in [3.8, 4) is 0 Å². The van der Waals surface area contributed by atoms with E-state index in [4.69, 9.17) is 2.74 Å². The van der Waals surface area contributed by atoms with E-state index in [-0.39, 0.29) is 12.5 Å². The Morgan fingerprint density at radius 2 is 2.00 bits per heavy atom. The minimum atomic E-state index is 0.0463. The molecule has 0 spiro atoms. The summed E-state index contributed by atoms with van der Waals surface area (Å²) in [6.45, 7) is 0. The van der Waals surface area contributed by atoms with Crippen LogP contribution in [0.5, 0.6) is 0 Å². The molecule has 1 heterocycles. The molecular formula is C4H4O. The lowest BCUT2D eigenvalue weighted by Gasteiger charge is -1.50. The maximum atomic E-state index is 6.73. The molecule has 0 aliphatic heterocycles. The number of hydrogen-bond acceptors (Lipinski definition) is 1. The van der Waals surface area contributed by atoms with Gasteiger partial charge in [-0.15, -0.1) is 0 Å². The highest BCUT2D eigenvalue weighted by Gasteiger charge is 1.58. The summed E-state index contributed by atoms with van der Waals surface area (Å²) < 4.78 is 17.9. The molecule has 0 aliphatic carbocycles. The Balaban J connectivity index is 3.04. The summed E-state index contributed by atoms with van der Waals surface area (Å²) in [6, 6.07) is 2.87. The van der Waals surface area contributed by atoms with Gasteiger partial charge in [-0.05, 0) is 12.1 Å². The van der Waals surface area contributed by atoms with Gasteiger partial charge in [0.05, 0.1) is 12.5 Å². The van der Waals surface area contributed by atoms with Crippen LogP contribution in [0.3, 0.4) is 0 Å². The lowest BCUT2D eigenvalue weighted by atomic mass is 10.7. The zero-order chi connectivity index (χ0) is 5.28. The first-order chi connectivity index (χ1) is 3.29. The quantitative estimate of drug-likeness (QED) is 0.448. The highest BCUT2D eigenvalue weighted by Crippen LogP contribution is 1.79. The van der Waals surface area contributed by atoms with Gasteiger partial charge in [-0.2, -0.15) is 0 Å². The second kappa shape index (κ2) is 0.931. The molecule has 0 bridgehead atoms. The van der Waals surface area contributed by atoms with Gasteiger partial charge in [0.15, 0.2) is 0 Å². The second-order valence-corrected chi connectivity index (χ2v) is 0.671. The topological polar surface area (TPSA) is 13.1 Å². The van der Waals surface area contributed by atoms with Crippen molar-refractivity contribution in [3.05, 3.63) is 24.6 Å². The molecule has 0 atom stereocenters. The third kappa shape index (κ3) is 0.293. The van der Waals surface area contributed by atoms with E-state index >= 15 is 0 Å². The maximum absolute atomic E-state index is 6.73. The van der Waals surface area contributed by atoms with Gasteiger partial charge < -0.3 is 4.42 Å². The minimum Gasteiger partial charge on any atom is -0.473 e. The van der Waals surface area contributed by atoms with Crippen molar-refractivity contribution in [1.82, 2.24) is 0 Å². The minimum absolute atomic E-state index is 0.0463. The van der Waals surface area contributed by atoms with Crippen molar-refractivity contribution in [3.63, 3.8) is 0 Å². The molecule has 26 valence electrons. The van der Waals surface area contributed by atoms with E-state index < -0.39 is 0 Å². The fourth-order valence-corrected chi connectivity index (χ4v) is 0.170. The molecule has 0 unspecified atom stereocenters. The first kappa shape index (κ1) is 1.17. The SMILES string of the molecule is [2H]c1ccc([2H])o1. The molecule has 0 N–H and O–H groups in total. The normalized spacial score (nSPS) is 13.6. The molecule has 0 aromatic carbocycles. The van der Waals surface area contributed by atoms with Crippen LogP contribution in [-0.2, 0) is 0 Å². The molecule has 0 fully saturated rings. The van der Waals surface area contributed by atoms with Gasteiger partial charge in [0.2, 0.25) is 0 Å². The van der Waals surface area contributed by atoms with Crippen LogP contribution in [0.4, 0.5) is 0 Å². The Bertz CT molecular complexity index is 142. The Labute approximate surface area is 33.0 Å². The van der Waals surface area contributed by atoms with Crippen molar-refractivity contribution in [2.24, 2.45) is 0 Å². The van der Waals surface area contributed by atoms with E-state index in [0.29, 0.717) is 0 Å². The number of hydrogen-bond donors (Lipinski definition) is 0. The zero-order valence-electron chi connectivity index (χ0n) is 4.56. The second-order valence-electron chi connectivity index (χ2n) is 0.671. The van der Waals surface area contributed by atoms with E-state index in [0.717, 1.165) is 0 Å². The maximum Gasteiger partial charge on any atom is 0.104 e.